The van der Waals surface area contributed by atoms with Crippen molar-refractivity contribution >= 4 is 23.0 Å². The van der Waals surface area contributed by atoms with Gasteiger partial charge in [-0.15, -0.1) is 0 Å². The summed E-state index contributed by atoms with van der Waals surface area (Å²) in [6, 6.07) is 4.56. The Morgan fingerprint density at radius 3 is 2.52 bits per heavy atom. The molecule has 0 atom stereocenters. The molecule has 112 valence electrons. The van der Waals surface area contributed by atoms with E-state index in [9.17, 15) is 14.4 Å². The maximum absolute atomic E-state index is 12.2. The van der Waals surface area contributed by atoms with Gasteiger partial charge < -0.3 is 14.4 Å². The number of rotatable bonds is 5. The van der Waals surface area contributed by atoms with E-state index in [4.69, 9.17) is 9.52 Å². The lowest BCUT2D eigenvalue weighted by molar-refractivity contribution is -0.137. The molecule has 7 nitrogen and oxygen atoms in total. The number of carbonyl (C=O) groups is 2. The first-order valence-corrected chi connectivity index (χ1v) is 6.62. The molecular formula is C14H16N2O5. The number of fused-ring (bicyclic) bond motifs is 1. The second-order valence-corrected chi connectivity index (χ2v) is 4.51. The Bertz CT molecular complexity index is 739. The van der Waals surface area contributed by atoms with Crippen molar-refractivity contribution in [1.29, 1.82) is 0 Å². The van der Waals surface area contributed by atoms with Gasteiger partial charge in [0.25, 0.3) is 5.91 Å². The van der Waals surface area contributed by atoms with Crippen LogP contribution in [0, 0.1) is 0 Å². The van der Waals surface area contributed by atoms with Crippen molar-refractivity contribution in [2.45, 2.75) is 20.4 Å². The summed E-state index contributed by atoms with van der Waals surface area (Å²) < 4.78 is 6.03. The molecule has 1 aromatic carbocycles. The molecule has 21 heavy (non-hydrogen) atoms. The van der Waals surface area contributed by atoms with Crippen molar-refractivity contribution in [3.05, 3.63) is 34.3 Å². The van der Waals surface area contributed by atoms with Crippen molar-refractivity contribution in [2.75, 3.05) is 13.1 Å². The SMILES string of the molecule is CCN(CC)C(=O)c1ccc2c(c1)oc(=O)n2CC(=O)O. The van der Waals surface area contributed by atoms with Crippen LogP contribution in [0.4, 0.5) is 0 Å². The highest BCUT2D eigenvalue weighted by molar-refractivity contribution is 5.97. The molecular weight excluding hydrogens is 276 g/mol. The van der Waals surface area contributed by atoms with Crippen LogP contribution >= 0.6 is 0 Å². The van der Waals surface area contributed by atoms with E-state index in [1.807, 2.05) is 13.8 Å². The van der Waals surface area contributed by atoms with Crippen molar-refractivity contribution in [3.63, 3.8) is 0 Å². The van der Waals surface area contributed by atoms with Crippen LogP contribution in [-0.4, -0.2) is 39.5 Å². The number of aromatic nitrogens is 1. The number of carboxylic acids is 1. The van der Waals surface area contributed by atoms with Gasteiger partial charge in [-0.3, -0.25) is 14.2 Å². The summed E-state index contributed by atoms with van der Waals surface area (Å²) in [6.07, 6.45) is 0. The molecule has 0 saturated heterocycles. The summed E-state index contributed by atoms with van der Waals surface area (Å²) >= 11 is 0. The summed E-state index contributed by atoms with van der Waals surface area (Å²) in [6.45, 7) is 4.44. The topological polar surface area (TPSA) is 92.8 Å². The fraction of sp³-hybridized carbons (Fsp3) is 0.357. The maximum atomic E-state index is 12.2. The average Bonchev–Trinajstić information content (AvgIpc) is 2.75. The minimum Gasteiger partial charge on any atom is -0.480 e. The Kier molecular flexibility index (Phi) is 4.11. The van der Waals surface area contributed by atoms with E-state index in [2.05, 4.69) is 0 Å². The largest absolute Gasteiger partial charge is 0.480 e. The normalized spacial score (nSPS) is 10.8. The molecule has 7 heteroatoms. The van der Waals surface area contributed by atoms with Crippen LogP contribution in [0.5, 0.6) is 0 Å². The van der Waals surface area contributed by atoms with Gasteiger partial charge in [-0.2, -0.15) is 0 Å². The van der Waals surface area contributed by atoms with E-state index in [1.54, 1.807) is 11.0 Å². The summed E-state index contributed by atoms with van der Waals surface area (Å²) in [4.78, 5) is 36.3. The van der Waals surface area contributed by atoms with E-state index < -0.39 is 18.3 Å². The van der Waals surface area contributed by atoms with E-state index in [0.29, 0.717) is 24.2 Å². The second-order valence-electron chi connectivity index (χ2n) is 4.51. The molecule has 0 aliphatic rings. The van der Waals surface area contributed by atoms with Gasteiger partial charge in [0.2, 0.25) is 0 Å². The van der Waals surface area contributed by atoms with Crippen LogP contribution in [0.3, 0.4) is 0 Å². The van der Waals surface area contributed by atoms with Gasteiger partial charge in [-0.25, -0.2) is 4.79 Å². The quantitative estimate of drug-likeness (QED) is 0.892. The zero-order chi connectivity index (χ0) is 15.6. The third kappa shape index (κ3) is 2.81. The smallest absolute Gasteiger partial charge is 0.420 e. The number of hydrogen-bond donors (Lipinski definition) is 1. The summed E-state index contributed by atoms with van der Waals surface area (Å²) in [5, 5.41) is 8.79. The molecule has 0 unspecified atom stereocenters. The minimum absolute atomic E-state index is 0.157. The van der Waals surface area contributed by atoms with E-state index in [1.165, 1.54) is 12.1 Å². The molecule has 1 aromatic heterocycles. The molecule has 0 aliphatic carbocycles. The third-order valence-electron chi connectivity index (χ3n) is 3.26. The average molecular weight is 292 g/mol. The highest BCUT2D eigenvalue weighted by Crippen LogP contribution is 2.16. The monoisotopic (exact) mass is 292 g/mol. The molecule has 0 fully saturated rings. The number of carboxylic acid groups (broad SMARTS) is 1. The number of carbonyl (C=O) groups excluding carboxylic acids is 1. The Morgan fingerprint density at radius 2 is 1.95 bits per heavy atom. The Balaban J connectivity index is 2.46. The van der Waals surface area contributed by atoms with E-state index in [-0.39, 0.29) is 11.5 Å². The predicted octanol–water partition coefficient (Wildman–Crippen LogP) is 1.16. The third-order valence-corrected chi connectivity index (χ3v) is 3.26. The van der Waals surface area contributed by atoms with Gasteiger partial charge in [0.15, 0.2) is 5.58 Å². The zero-order valence-corrected chi connectivity index (χ0v) is 11.8. The van der Waals surface area contributed by atoms with Crippen molar-refractivity contribution in [1.82, 2.24) is 9.47 Å². The highest BCUT2D eigenvalue weighted by atomic mass is 16.4. The molecule has 2 rings (SSSR count). The molecule has 1 N–H and O–H groups in total. The van der Waals surface area contributed by atoms with Gasteiger partial charge >= 0.3 is 11.7 Å². The molecule has 2 aromatic rings. The van der Waals surface area contributed by atoms with Crippen LogP contribution in [0.15, 0.2) is 27.4 Å². The fourth-order valence-corrected chi connectivity index (χ4v) is 2.18. The Hall–Kier alpha value is -2.57. The van der Waals surface area contributed by atoms with Gasteiger partial charge in [-0.05, 0) is 32.0 Å². The maximum Gasteiger partial charge on any atom is 0.420 e. The molecule has 0 saturated carbocycles. The predicted molar refractivity (Wildman–Crippen MR) is 75.4 cm³/mol. The van der Waals surface area contributed by atoms with Crippen LogP contribution in [-0.2, 0) is 11.3 Å². The lowest BCUT2D eigenvalue weighted by Gasteiger charge is -2.18. The van der Waals surface area contributed by atoms with Crippen LogP contribution in [0.1, 0.15) is 24.2 Å². The van der Waals surface area contributed by atoms with Crippen LogP contribution in [0.2, 0.25) is 0 Å². The van der Waals surface area contributed by atoms with E-state index in [0.717, 1.165) is 4.57 Å². The molecule has 0 aliphatic heterocycles. The molecule has 1 amide bonds. The zero-order valence-electron chi connectivity index (χ0n) is 11.8. The number of amides is 1. The molecule has 0 radical (unpaired) electrons. The van der Waals surface area contributed by atoms with Crippen LogP contribution < -0.4 is 5.76 Å². The summed E-state index contributed by atoms with van der Waals surface area (Å²) in [5.41, 5.74) is 0.972. The number of aliphatic carboxylic acids is 1. The number of nitrogens with zero attached hydrogens (tertiary/aromatic N) is 2. The van der Waals surface area contributed by atoms with E-state index >= 15 is 0 Å². The van der Waals surface area contributed by atoms with Gasteiger partial charge in [0.05, 0.1) is 5.52 Å². The first kappa shape index (κ1) is 14.8. The Labute approximate surface area is 120 Å². The van der Waals surface area contributed by atoms with Crippen molar-refractivity contribution in [2.24, 2.45) is 0 Å². The number of benzene rings is 1. The van der Waals surface area contributed by atoms with Crippen LogP contribution in [0.25, 0.3) is 11.1 Å². The minimum atomic E-state index is -1.14. The molecule has 0 bridgehead atoms. The Morgan fingerprint density at radius 1 is 1.29 bits per heavy atom. The standard InChI is InChI=1S/C14H16N2O5/c1-3-15(4-2)13(19)9-5-6-10-11(7-9)21-14(20)16(10)8-12(17)18/h5-7H,3-4,8H2,1-2H3,(H,17,18). The van der Waals surface area contributed by atoms with Crippen molar-refractivity contribution < 1.29 is 19.1 Å². The van der Waals surface area contributed by atoms with Gasteiger partial charge in [-0.1, -0.05) is 0 Å². The second kappa shape index (κ2) is 5.82. The molecule has 0 spiro atoms. The first-order chi connectivity index (χ1) is 9.97. The number of oxazole rings is 1. The van der Waals surface area contributed by atoms with Gasteiger partial charge in [0.1, 0.15) is 6.54 Å². The lowest BCUT2D eigenvalue weighted by Crippen LogP contribution is -2.30. The molecule has 1 heterocycles. The highest BCUT2D eigenvalue weighted by Gasteiger charge is 2.17. The van der Waals surface area contributed by atoms with Crippen molar-refractivity contribution in [3.8, 4) is 0 Å². The fourth-order valence-electron chi connectivity index (χ4n) is 2.18. The number of hydrogen-bond acceptors (Lipinski definition) is 4. The summed E-state index contributed by atoms with van der Waals surface area (Å²) in [5.74, 6) is -2.04. The lowest BCUT2D eigenvalue weighted by atomic mass is 10.1. The van der Waals surface area contributed by atoms with Gasteiger partial charge in [0, 0.05) is 18.7 Å². The first-order valence-electron chi connectivity index (χ1n) is 6.62. The summed E-state index contributed by atoms with van der Waals surface area (Å²) in [7, 11) is 0.